The normalized spacial score (nSPS) is 10.6. The van der Waals surface area contributed by atoms with Crippen molar-refractivity contribution in [1.82, 2.24) is 9.97 Å². The van der Waals surface area contributed by atoms with E-state index in [2.05, 4.69) is 26.3 Å². The van der Waals surface area contributed by atoms with E-state index in [1.807, 2.05) is 0 Å². The minimum atomic E-state index is -0.667. The summed E-state index contributed by atoms with van der Waals surface area (Å²) in [6, 6.07) is 13.0. The molecular formula is C27H24Cl2FN7O3. The predicted molar refractivity (Wildman–Crippen MR) is 152 cm³/mol. The third-order valence-electron chi connectivity index (χ3n) is 5.56. The zero-order chi connectivity index (χ0) is 28.6. The van der Waals surface area contributed by atoms with E-state index in [0.29, 0.717) is 58.5 Å². The first-order valence-corrected chi connectivity index (χ1v) is 12.6. The van der Waals surface area contributed by atoms with Crippen LogP contribution in [0.1, 0.15) is 17.7 Å². The topological polar surface area (TPSA) is 154 Å². The zero-order valence-electron chi connectivity index (χ0n) is 21.2. The lowest BCUT2D eigenvalue weighted by Crippen LogP contribution is -2.23. The molecule has 2 aromatic heterocycles. The number of nitrogens with one attached hydrogen (secondary N) is 1. The van der Waals surface area contributed by atoms with Gasteiger partial charge in [0, 0.05) is 42.7 Å². The number of hydrogen-bond acceptors (Lipinski definition) is 8. The molecule has 5 N–H and O–H groups in total. The number of aromatic nitrogens is 2. The average Bonchev–Trinajstić information content (AvgIpc) is 2.93. The summed E-state index contributed by atoms with van der Waals surface area (Å²) < 4.78 is 31.9. The quantitative estimate of drug-likeness (QED) is 0.0920. The van der Waals surface area contributed by atoms with E-state index in [1.165, 1.54) is 25.4 Å². The van der Waals surface area contributed by atoms with E-state index in [0.717, 1.165) is 0 Å². The summed E-state index contributed by atoms with van der Waals surface area (Å²) in [6.45, 7) is 0.734. The summed E-state index contributed by atoms with van der Waals surface area (Å²) in [6.07, 6.45) is 1.98. The Morgan fingerprint density at radius 3 is 2.67 bits per heavy atom. The maximum absolute atomic E-state index is 15.0. The Labute approximate surface area is 239 Å². The van der Waals surface area contributed by atoms with Crippen LogP contribution in [0.5, 0.6) is 17.2 Å². The van der Waals surface area contributed by atoms with E-state index in [9.17, 15) is 9.65 Å². The molecule has 40 heavy (non-hydrogen) atoms. The Morgan fingerprint density at radius 1 is 1.12 bits per heavy atom. The Morgan fingerprint density at radius 2 is 1.95 bits per heavy atom. The zero-order valence-corrected chi connectivity index (χ0v) is 22.8. The number of ether oxygens (including phenoxy) is 3. The molecule has 0 aliphatic heterocycles. The van der Waals surface area contributed by atoms with Gasteiger partial charge in [-0.2, -0.15) is 5.26 Å². The van der Waals surface area contributed by atoms with E-state index >= 15 is 0 Å². The molecule has 4 aromatic rings. The molecule has 4 rings (SSSR count). The van der Waals surface area contributed by atoms with Crippen LogP contribution in [0.2, 0.25) is 10.2 Å². The van der Waals surface area contributed by atoms with Gasteiger partial charge < -0.3 is 31.0 Å². The molecule has 0 bridgehead atoms. The highest BCUT2D eigenvalue weighted by molar-refractivity contribution is 6.33. The van der Waals surface area contributed by atoms with Gasteiger partial charge in [0.15, 0.2) is 29.0 Å². The molecule has 0 fully saturated rings. The van der Waals surface area contributed by atoms with Crippen molar-refractivity contribution < 1.29 is 18.6 Å². The minimum Gasteiger partial charge on any atom is -0.493 e. The molecule has 0 saturated heterocycles. The fourth-order valence-electron chi connectivity index (χ4n) is 3.70. The Hall–Kier alpha value is -4.53. The van der Waals surface area contributed by atoms with Gasteiger partial charge in [0.25, 0.3) is 0 Å². The van der Waals surface area contributed by atoms with Crippen molar-refractivity contribution in [2.75, 3.05) is 25.6 Å². The molecule has 2 aromatic carbocycles. The molecule has 206 valence electrons. The van der Waals surface area contributed by atoms with Crippen molar-refractivity contribution in [3.05, 3.63) is 75.9 Å². The number of rotatable bonds is 11. The van der Waals surface area contributed by atoms with Gasteiger partial charge in [-0.05, 0) is 18.2 Å². The van der Waals surface area contributed by atoms with Gasteiger partial charge in [0.1, 0.15) is 17.8 Å². The number of nitrogens with zero attached hydrogens (tertiary/aromatic N) is 4. The van der Waals surface area contributed by atoms with Gasteiger partial charge in [-0.15, -0.1) is 0 Å². The third-order valence-corrected chi connectivity index (χ3v) is 6.08. The summed E-state index contributed by atoms with van der Waals surface area (Å²) in [5, 5.41) is 13.8. The number of pyridine rings is 2. The molecule has 13 heteroatoms. The molecule has 0 saturated carbocycles. The van der Waals surface area contributed by atoms with E-state index in [1.54, 1.807) is 30.3 Å². The smallest absolute Gasteiger partial charge is 0.185 e. The first-order chi connectivity index (χ1) is 19.3. The number of aliphatic imine (C=N–C) groups is 1. The molecule has 0 unspecified atom stereocenters. The molecule has 10 nitrogen and oxygen atoms in total. The lowest BCUT2D eigenvalue weighted by atomic mass is 10.1. The number of guanidine groups is 1. The standard InChI is InChI=1S/C27H24Cl2FN7O3/c1-38-23-8-17-20(11-24(23)39-7-3-6-34-27(32)33)35-13-15(12-31)26(17)37-21-10-19(30)22(9-18(21)28)40-14-16-4-2-5-25(29)36-16/h2,4-5,8-11,13H,3,6-7,14H2,1H3,(H,35,37)(H4,32,33,34). The largest absolute Gasteiger partial charge is 0.493 e. The molecular weight excluding hydrogens is 560 g/mol. The Balaban J connectivity index is 1.60. The van der Waals surface area contributed by atoms with Gasteiger partial charge in [-0.25, -0.2) is 9.37 Å². The number of benzene rings is 2. The number of halogens is 3. The molecule has 2 heterocycles. The average molecular weight is 584 g/mol. The molecule has 0 amide bonds. The van der Waals surface area contributed by atoms with Gasteiger partial charge >= 0.3 is 0 Å². The van der Waals surface area contributed by atoms with Crippen LogP contribution in [0, 0.1) is 17.1 Å². The fraction of sp³-hybridized carbons (Fsp3) is 0.185. The van der Waals surface area contributed by atoms with Crippen molar-refractivity contribution in [1.29, 1.82) is 5.26 Å². The van der Waals surface area contributed by atoms with Crippen molar-refractivity contribution in [3.8, 4) is 23.3 Å². The van der Waals surface area contributed by atoms with Gasteiger partial charge in [-0.1, -0.05) is 29.3 Å². The van der Waals surface area contributed by atoms with Crippen molar-refractivity contribution in [2.24, 2.45) is 16.5 Å². The van der Waals surface area contributed by atoms with Crippen LogP contribution < -0.4 is 31.0 Å². The van der Waals surface area contributed by atoms with Crippen LogP contribution in [-0.2, 0) is 6.61 Å². The van der Waals surface area contributed by atoms with Crippen LogP contribution in [0.15, 0.2) is 53.7 Å². The molecule has 0 radical (unpaired) electrons. The number of fused-ring (bicyclic) bond motifs is 1. The molecule has 0 aliphatic carbocycles. The number of nitrogens with two attached hydrogens (primary N) is 2. The summed E-state index contributed by atoms with van der Waals surface area (Å²) in [5.41, 5.74) is 12.5. The van der Waals surface area contributed by atoms with Crippen molar-refractivity contribution in [2.45, 2.75) is 13.0 Å². The molecule has 0 aliphatic rings. The highest BCUT2D eigenvalue weighted by Gasteiger charge is 2.17. The highest BCUT2D eigenvalue weighted by atomic mass is 35.5. The number of methoxy groups -OCH3 is 1. The van der Waals surface area contributed by atoms with Gasteiger partial charge in [-0.3, -0.25) is 9.98 Å². The van der Waals surface area contributed by atoms with Crippen LogP contribution in [0.4, 0.5) is 15.8 Å². The monoisotopic (exact) mass is 583 g/mol. The highest BCUT2D eigenvalue weighted by Crippen LogP contribution is 2.39. The first kappa shape index (κ1) is 28.5. The Bertz CT molecular complexity index is 1610. The van der Waals surface area contributed by atoms with Gasteiger partial charge in [0.2, 0.25) is 0 Å². The van der Waals surface area contributed by atoms with Crippen LogP contribution in [0.3, 0.4) is 0 Å². The van der Waals surface area contributed by atoms with E-state index in [-0.39, 0.29) is 34.6 Å². The molecule has 0 atom stereocenters. The van der Waals surface area contributed by atoms with Crippen LogP contribution in [0.25, 0.3) is 10.9 Å². The maximum Gasteiger partial charge on any atom is 0.185 e. The summed E-state index contributed by atoms with van der Waals surface area (Å²) in [7, 11) is 1.49. The predicted octanol–water partition coefficient (Wildman–Crippen LogP) is 5.32. The summed E-state index contributed by atoms with van der Waals surface area (Å²) in [5.74, 6) is 0.130. The van der Waals surface area contributed by atoms with E-state index < -0.39 is 5.82 Å². The second-order valence-electron chi connectivity index (χ2n) is 8.32. The number of hydrogen-bond donors (Lipinski definition) is 3. The SMILES string of the molecule is COc1cc2c(Nc3cc(F)c(OCc4cccc(Cl)n4)cc3Cl)c(C#N)cnc2cc1OCCCN=C(N)N. The first-order valence-electron chi connectivity index (χ1n) is 11.9. The molecule has 0 spiro atoms. The lowest BCUT2D eigenvalue weighted by Gasteiger charge is -2.16. The fourth-order valence-corrected chi connectivity index (χ4v) is 4.08. The second kappa shape index (κ2) is 13.0. The number of anilines is 2. The third kappa shape index (κ3) is 6.91. The van der Waals surface area contributed by atoms with Gasteiger partial charge in [0.05, 0.1) is 46.9 Å². The lowest BCUT2D eigenvalue weighted by molar-refractivity contribution is 0.286. The summed E-state index contributed by atoms with van der Waals surface area (Å²) >= 11 is 12.4. The summed E-state index contributed by atoms with van der Waals surface area (Å²) in [4.78, 5) is 12.4. The minimum absolute atomic E-state index is 0.00730. The second-order valence-corrected chi connectivity index (χ2v) is 9.11. The van der Waals surface area contributed by atoms with Crippen molar-refractivity contribution in [3.63, 3.8) is 0 Å². The van der Waals surface area contributed by atoms with E-state index in [4.69, 9.17) is 48.9 Å². The van der Waals surface area contributed by atoms with Crippen molar-refractivity contribution >= 4 is 51.4 Å². The maximum atomic E-state index is 15.0. The Kier molecular flexibility index (Phi) is 9.27. The van der Waals surface area contributed by atoms with Crippen LogP contribution >= 0.6 is 23.2 Å². The number of nitriles is 1. The van der Waals surface area contributed by atoms with Crippen LogP contribution in [-0.4, -0.2) is 36.2 Å².